The first-order valence-electron chi connectivity index (χ1n) is 11.4. The number of alkyl halides is 3. The van der Waals surface area contributed by atoms with E-state index in [0.717, 1.165) is 47.9 Å². The van der Waals surface area contributed by atoms with E-state index in [-0.39, 0.29) is 18.7 Å². The predicted molar refractivity (Wildman–Crippen MR) is 127 cm³/mol. The number of unbranched alkanes of at least 4 members (excludes halogenated alkanes) is 1. The van der Waals surface area contributed by atoms with Gasteiger partial charge in [-0.15, -0.1) is 0 Å². The van der Waals surface area contributed by atoms with Gasteiger partial charge in [-0.1, -0.05) is 67.9 Å². The highest BCUT2D eigenvalue weighted by Gasteiger charge is 2.33. The molecule has 0 radical (unpaired) electrons. The molecule has 0 aliphatic heterocycles. The number of fused-ring (bicyclic) bond motifs is 1. The van der Waals surface area contributed by atoms with Gasteiger partial charge < -0.3 is 0 Å². The minimum atomic E-state index is -4.73. The Bertz CT molecular complexity index is 1290. The van der Waals surface area contributed by atoms with Gasteiger partial charge in [0.15, 0.2) is 0 Å². The van der Waals surface area contributed by atoms with Crippen LogP contribution in [0.25, 0.3) is 21.9 Å². The third-order valence-corrected chi connectivity index (χ3v) is 6.16. The van der Waals surface area contributed by atoms with E-state index in [1.165, 1.54) is 11.6 Å². The van der Waals surface area contributed by atoms with Gasteiger partial charge in [0.25, 0.3) is 0 Å². The summed E-state index contributed by atoms with van der Waals surface area (Å²) in [6.07, 6.45) is -0.871. The van der Waals surface area contributed by atoms with Crippen molar-refractivity contribution in [3.05, 3.63) is 107 Å². The van der Waals surface area contributed by atoms with Crippen molar-refractivity contribution in [1.82, 2.24) is 0 Å². The number of hydrogen-bond donors (Lipinski definition) is 0. The number of rotatable bonds is 7. The molecule has 0 saturated carbocycles. The van der Waals surface area contributed by atoms with E-state index in [2.05, 4.69) is 31.2 Å². The van der Waals surface area contributed by atoms with Crippen molar-refractivity contribution in [2.45, 2.75) is 45.2 Å². The zero-order valence-electron chi connectivity index (χ0n) is 18.9. The maximum absolute atomic E-state index is 15.2. The zero-order valence-corrected chi connectivity index (χ0v) is 18.9. The molecule has 0 atom stereocenters. The molecule has 0 aliphatic rings. The van der Waals surface area contributed by atoms with Crippen LogP contribution in [-0.2, 0) is 25.4 Å². The maximum atomic E-state index is 15.2. The van der Waals surface area contributed by atoms with E-state index in [0.29, 0.717) is 16.5 Å². The number of hydrogen-bond acceptors (Lipinski definition) is 0. The molecule has 4 aromatic rings. The van der Waals surface area contributed by atoms with Crippen molar-refractivity contribution >= 4 is 10.8 Å². The van der Waals surface area contributed by atoms with Crippen LogP contribution in [0, 0.1) is 11.6 Å². The van der Waals surface area contributed by atoms with Crippen molar-refractivity contribution < 1.29 is 22.0 Å². The Morgan fingerprint density at radius 3 is 2.06 bits per heavy atom. The highest BCUT2D eigenvalue weighted by molar-refractivity contribution is 5.88. The van der Waals surface area contributed by atoms with Crippen LogP contribution in [0.4, 0.5) is 22.0 Å². The van der Waals surface area contributed by atoms with Crippen LogP contribution < -0.4 is 0 Å². The molecule has 0 saturated heterocycles. The first kappa shape index (κ1) is 23.9. The average Bonchev–Trinajstić information content (AvgIpc) is 2.81. The lowest BCUT2D eigenvalue weighted by Crippen LogP contribution is -2.08. The van der Waals surface area contributed by atoms with E-state index in [1.807, 2.05) is 18.2 Å². The number of benzene rings is 4. The summed E-state index contributed by atoms with van der Waals surface area (Å²) < 4.78 is 67.2. The summed E-state index contributed by atoms with van der Waals surface area (Å²) in [5.74, 6) is -1.67. The van der Waals surface area contributed by atoms with Crippen molar-refractivity contribution in [3.63, 3.8) is 0 Å². The lowest BCUT2D eigenvalue weighted by atomic mass is 9.96. The molecule has 0 heterocycles. The molecule has 0 fully saturated rings. The van der Waals surface area contributed by atoms with Gasteiger partial charge in [-0.25, -0.2) is 8.78 Å². The molecule has 34 heavy (non-hydrogen) atoms. The molecule has 0 aliphatic carbocycles. The van der Waals surface area contributed by atoms with Gasteiger partial charge in [0.2, 0.25) is 0 Å². The monoisotopic (exact) mass is 468 g/mol. The van der Waals surface area contributed by atoms with E-state index < -0.39 is 17.6 Å². The third kappa shape index (κ3) is 5.30. The Balaban J connectivity index is 1.51. The fourth-order valence-electron chi connectivity index (χ4n) is 4.18. The molecular weight excluding hydrogens is 443 g/mol. The lowest BCUT2D eigenvalue weighted by Gasteiger charge is -2.11. The molecule has 0 spiro atoms. The van der Waals surface area contributed by atoms with Crippen molar-refractivity contribution in [2.24, 2.45) is 0 Å². The zero-order chi connectivity index (χ0) is 24.3. The predicted octanol–water partition coefficient (Wildman–Crippen LogP) is 8.93. The molecule has 5 heteroatoms. The van der Waals surface area contributed by atoms with Gasteiger partial charge in [0, 0.05) is 5.39 Å². The average molecular weight is 469 g/mol. The van der Waals surface area contributed by atoms with Gasteiger partial charge in [0.1, 0.15) is 11.6 Å². The maximum Gasteiger partial charge on any atom is 0.419 e. The SMILES string of the molecule is CCCCc1ccc(-c2ccc3c(F)c(CCc4ccc(C(F)(F)F)c(F)c4)ccc3c2)cc1. The quantitative estimate of drug-likeness (QED) is 0.238. The van der Waals surface area contributed by atoms with Gasteiger partial charge in [-0.05, 0) is 77.1 Å². The van der Waals surface area contributed by atoms with Crippen molar-refractivity contribution in [2.75, 3.05) is 0 Å². The van der Waals surface area contributed by atoms with Gasteiger partial charge in [-0.3, -0.25) is 0 Å². The molecule has 176 valence electrons. The second kappa shape index (κ2) is 9.96. The van der Waals surface area contributed by atoms with E-state index >= 15 is 4.39 Å². The number of halogens is 5. The summed E-state index contributed by atoms with van der Waals surface area (Å²) in [6.45, 7) is 2.17. The second-order valence-corrected chi connectivity index (χ2v) is 8.59. The van der Waals surface area contributed by atoms with Crippen LogP contribution in [0.15, 0.2) is 72.8 Å². The Morgan fingerprint density at radius 1 is 0.676 bits per heavy atom. The molecular formula is C29H25F5. The van der Waals surface area contributed by atoms with Crippen molar-refractivity contribution in [1.29, 1.82) is 0 Å². The van der Waals surface area contributed by atoms with Crippen LogP contribution in [0.1, 0.15) is 42.0 Å². The summed E-state index contributed by atoms with van der Waals surface area (Å²) in [5, 5.41) is 1.26. The molecule has 4 aromatic carbocycles. The van der Waals surface area contributed by atoms with E-state index in [4.69, 9.17) is 0 Å². The summed E-state index contributed by atoms with van der Waals surface area (Å²) in [7, 11) is 0. The molecule has 0 N–H and O–H groups in total. The topological polar surface area (TPSA) is 0 Å². The molecule has 0 nitrogen and oxygen atoms in total. The minimum absolute atomic E-state index is 0.236. The molecule has 0 amide bonds. The summed E-state index contributed by atoms with van der Waals surface area (Å²) in [5.41, 5.74) is 2.91. The highest BCUT2D eigenvalue weighted by Crippen LogP contribution is 2.32. The van der Waals surface area contributed by atoms with Crippen molar-refractivity contribution in [3.8, 4) is 11.1 Å². The molecule has 4 rings (SSSR count). The first-order valence-corrected chi connectivity index (χ1v) is 11.4. The molecule has 0 unspecified atom stereocenters. The Morgan fingerprint density at radius 2 is 1.38 bits per heavy atom. The van der Waals surface area contributed by atoms with Gasteiger partial charge in [-0.2, -0.15) is 13.2 Å². The van der Waals surface area contributed by atoms with Crippen LogP contribution in [0.2, 0.25) is 0 Å². The minimum Gasteiger partial charge on any atom is -0.206 e. The Labute approximate surface area is 196 Å². The Kier molecular flexibility index (Phi) is 7.01. The summed E-state index contributed by atoms with van der Waals surface area (Å²) in [6, 6.07) is 20.4. The first-order chi connectivity index (χ1) is 16.3. The van der Waals surface area contributed by atoms with Crippen LogP contribution in [-0.4, -0.2) is 0 Å². The summed E-state index contributed by atoms with van der Waals surface area (Å²) >= 11 is 0. The normalized spacial score (nSPS) is 11.8. The summed E-state index contributed by atoms with van der Waals surface area (Å²) in [4.78, 5) is 0. The second-order valence-electron chi connectivity index (χ2n) is 8.59. The smallest absolute Gasteiger partial charge is 0.206 e. The van der Waals surface area contributed by atoms with Crippen LogP contribution in [0.5, 0.6) is 0 Å². The fraction of sp³-hybridized carbons (Fsp3) is 0.241. The molecule has 0 aromatic heterocycles. The van der Waals surface area contributed by atoms with Crippen LogP contribution >= 0.6 is 0 Å². The van der Waals surface area contributed by atoms with E-state index in [9.17, 15) is 17.6 Å². The van der Waals surface area contributed by atoms with E-state index in [1.54, 1.807) is 12.1 Å². The highest BCUT2D eigenvalue weighted by atomic mass is 19.4. The van der Waals surface area contributed by atoms with Crippen LogP contribution in [0.3, 0.4) is 0 Å². The fourth-order valence-corrected chi connectivity index (χ4v) is 4.18. The van der Waals surface area contributed by atoms with Gasteiger partial charge >= 0.3 is 6.18 Å². The largest absolute Gasteiger partial charge is 0.419 e. The Hall–Kier alpha value is -3.21. The standard InChI is InChI=1S/C29H25F5/c1-2-3-4-19-5-9-21(10-6-19)23-14-15-25-24(18-23)13-12-22(28(25)31)11-7-20-8-16-26(27(30)17-20)29(32,33)34/h5-6,8-10,12-18H,2-4,7,11H2,1H3. The molecule has 0 bridgehead atoms. The third-order valence-electron chi connectivity index (χ3n) is 6.16. The lowest BCUT2D eigenvalue weighted by molar-refractivity contribution is -0.140. The van der Waals surface area contributed by atoms with Gasteiger partial charge in [0.05, 0.1) is 5.56 Å². The number of aryl methyl sites for hydroxylation is 3.